The third-order valence-electron chi connectivity index (χ3n) is 4.53. The van der Waals surface area contributed by atoms with Crippen molar-refractivity contribution in [3.8, 4) is 11.8 Å². The number of halogens is 2. The molecule has 136 valence electrons. The maximum atomic E-state index is 14.0. The Hall–Kier alpha value is -3.11. The first-order valence-electron chi connectivity index (χ1n) is 8.53. The van der Waals surface area contributed by atoms with E-state index in [0.717, 1.165) is 5.69 Å². The first-order chi connectivity index (χ1) is 13.2. The number of piperazine rings is 1. The van der Waals surface area contributed by atoms with Gasteiger partial charge < -0.3 is 9.80 Å². The van der Waals surface area contributed by atoms with Gasteiger partial charge in [0.05, 0.1) is 11.4 Å². The van der Waals surface area contributed by atoms with Gasteiger partial charge in [-0.05, 0) is 36.4 Å². The molecule has 0 saturated carbocycles. The molecule has 0 spiro atoms. The predicted molar refractivity (Wildman–Crippen MR) is 102 cm³/mol. The molecule has 3 aromatic rings. The van der Waals surface area contributed by atoms with E-state index >= 15 is 0 Å². The summed E-state index contributed by atoms with van der Waals surface area (Å²) in [5.74, 6) is 0.318. The number of nitriles is 1. The van der Waals surface area contributed by atoms with Crippen LogP contribution in [-0.2, 0) is 0 Å². The van der Waals surface area contributed by atoms with Crippen molar-refractivity contribution >= 4 is 23.1 Å². The smallest absolute Gasteiger partial charge is 0.207 e. The second kappa shape index (κ2) is 7.25. The Morgan fingerprint density at radius 2 is 1.59 bits per heavy atom. The van der Waals surface area contributed by atoms with Crippen molar-refractivity contribution < 1.29 is 4.39 Å². The van der Waals surface area contributed by atoms with Gasteiger partial charge in [0.1, 0.15) is 11.9 Å². The standard InChI is InChI=1S/C19H16ClFN6/c20-14-5-7-15(8-6-14)27-23-17(13-22)19(24-27)26-11-9-25(10-12-26)18-4-2-1-3-16(18)21/h1-8H,9-12H2. The second-order valence-corrected chi connectivity index (χ2v) is 6.61. The van der Waals surface area contributed by atoms with E-state index in [0.29, 0.717) is 42.7 Å². The first-order valence-corrected chi connectivity index (χ1v) is 8.91. The molecule has 6 nitrogen and oxygen atoms in total. The van der Waals surface area contributed by atoms with Gasteiger partial charge in [0.2, 0.25) is 5.69 Å². The number of aromatic nitrogens is 3. The summed E-state index contributed by atoms with van der Waals surface area (Å²) in [7, 11) is 0. The Kier molecular flexibility index (Phi) is 4.65. The number of benzene rings is 2. The van der Waals surface area contributed by atoms with Gasteiger partial charge in [0.25, 0.3) is 0 Å². The predicted octanol–water partition coefficient (Wildman–Crippen LogP) is 3.26. The first kappa shape index (κ1) is 17.3. The fraction of sp³-hybridized carbons (Fsp3) is 0.211. The minimum atomic E-state index is -0.225. The van der Waals surface area contributed by atoms with Crippen LogP contribution in [0.4, 0.5) is 15.9 Å². The zero-order valence-electron chi connectivity index (χ0n) is 14.4. The molecule has 4 rings (SSSR count). The van der Waals surface area contributed by atoms with E-state index in [1.165, 1.54) is 10.9 Å². The lowest BCUT2D eigenvalue weighted by molar-refractivity contribution is 0.595. The van der Waals surface area contributed by atoms with Crippen LogP contribution >= 0.6 is 11.6 Å². The molecule has 1 fully saturated rings. The summed E-state index contributed by atoms with van der Waals surface area (Å²) in [5, 5.41) is 18.8. The van der Waals surface area contributed by atoms with Gasteiger partial charge in [0, 0.05) is 31.2 Å². The van der Waals surface area contributed by atoms with Gasteiger partial charge in [-0.15, -0.1) is 15.0 Å². The van der Waals surface area contributed by atoms with E-state index in [1.807, 2.05) is 15.9 Å². The molecule has 0 amide bonds. The van der Waals surface area contributed by atoms with E-state index in [2.05, 4.69) is 16.3 Å². The minimum absolute atomic E-state index is 0.225. The number of para-hydroxylation sites is 1. The monoisotopic (exact) mass is 382 g/mol. The third kappa shape index (κ3) is 3.44. The lowest BCUT2D eigenvalue weighted by Gasteiger charge is -2.36. The van der Waals surface area contributed by atoms with Crippen LogP contribution in [0.3, 0.4) is 0 Å². The van der Waals surface area contributed by atoms with Crippen LogP contribution in [0.2, 0.25) is 5.02 Å². The Morgan fingerprint density at radius 3 is 2.26 bits per heavy atom. The SMILES string of the molecule is N#Cc1nn(-c2ccc(Cl)cc2)nc1N1CCN(c2ccccc2F)CC1. The number of hydrogen-bond acceptors (Lipinski definition) is 5. The second-order valence-electron chi connectivity index (χ2n) is 6.18. The molecule has 0 aliphatic carbocycles. The maximum absolute atomic E-state index is 14.0. The topological polar surface area (TPSA) is 61.0 Å². The lowest BCUT2D eigenvalue weighted by atomic mass is 10.2. The van der Waals surface area contributed by atoms with Crippen molar-refractivity contribution in [2.75, 3.05) is 36.0 Å². The molecular weight excluding hydrogens is 367 g/mol. The molecule has 0 N–H and O–H groups in total. The number of anilines is 2. The molecule has 1 aliphatic heterocycles. The largest absolute Gasteiger partial charge is 0.366 e. The van der Waals surface area contributed by atoms with E-state index in [9.17, 15) is 9.65 Å². The highest BCUT2D eigenvalue weighted by Crippen LogP contribution is 2.24. The van der Waals surface area contributed by atoms with E-state index in [4.69, 9.17) is 11.6 Å². The lowest BCUT2D eigenvalue weighted by Crippen LogP contribution is -2.47. The van der Waals surface area contributed by atoms with Gasteiger partial charge >= 0.3 is 0 Å². The average molecular weight is 383 g/mol. The minimum Gasteiger partial charge on any atom is -0.366 e. The highest BCUT2D eigenvalue weighted by molar-refractivity contribution is 6.30. The summed E-state index contributed by atoms with van der Waals surface area (Å²) < 4.78 is 14.0. The summed E-state index contributed by atoms with van der Waals surface area (Å²) >= 11 is 5.92. The molecule has 1 saturated heterocycles. The molecule has 8 heteroatoms. The number of rotatable bonds is 3. The van der Waals surface area contributed by atoms with Crippen LogP contribution in [0, 0.1) is 17.1 Å². The van der Waals surface area contributed by atoms with Crippen LogP contribution in [0.25, 0.3) is 5.69 Å². The Labute approximate surface area is 161 Å². The van der Waals surface area contributed by atoms with Crippen molar-refractivity contribution in [1.29, 1.82) is 5.26 Å². The Bertz CT molecular complexity index is 986. The zero-order valence-corrected chi connectivity index (χ0v) is 15.1. The van der Waals surface area contributed by atoms with Gasteiger partial charge in [-0.25, -0.2) is 4.39 Å². The van der Waals surface area contributed by atoms with Gasteiger partial charge in [-0.3, -0.25) is 0 Å². The fourth-order valence-electron chi connectivity index (χ4n) is 3.14. The van der Waals surface area contributed by atoms with Crippen molar-refractivity contribution in [1.82, 2.24) is 15.0 Å². The van der Waals surface area contributed by atoms with Crippen LogP contribution in [-0.4, -0.2) is 41.2 Å². The summed E-state index contributed by atoms with van der Waals surface area (Å²) in [4.78, 5) is 5.45. The van der Waals surface area contributed by atoms with Crippen LogP contribution in [0.1, 0.15) is 5.69 Å². The summed E-state index contributed by atoms with van der Waals surface area (Å²) in [5.41, 5.74) is 1.60. The normalized spacial score (nSPS) is 14.3. The molecule has 1 aromatic heterocycles. The van der Waals surface area contributed by atoms with E-state index in [-0.39, 0.29) is 11.5 Å². The molecule has 0 radical (unpaired) electrons. The van der Waals surface area contributed by atoms with Crippen LogP contribution in [0.15, 0.2) is 48.5 Å². The van der Waals surface area contributed by atoms with Crippen molar-refractivity contribution in [3.63, 3.8) is 0 Å². The molecule has 0 atom stereocenters. The average Bonchev–Trinajstić information content (AvgIpc) is 3.13. The van der Waals surface area contributed by atoms with Gasteiger partial charge in [-0.1, -0.05) is 23.7 Å². The number of nitrogens with zero attached hydrogens (tertiary/aromatic N) is 6. The molecular formula is C19H16ClFN6. The van der Waals surface area contributed by atoms with Crippen molar-refractivity contribution in [2.24, 2.45) is 0 Å². The highest BCUT2D eigenvalue weighted by Gasteiger charge is 2.24. The summed E-state index contributed by atoms with van der Waals surface area (Å²) in [6, 6.07) is 16.0. The molecule has 0 bridgehead atoms. The van der Waals surface area contributed by atoms with Crippen LogP contribution in [0.5, 0.6) is 0 Å². The fourth-order valence-corrected chi connectivity index (χ4v) is 3.27. The Balaban J connectivity index is 1.54. The van der Waals surface area contributed by atoms with Gasteiger partial charge in [-0.2, -0.15) is 5.26 Å². The zero-order chi connectivity index (χ0) is 18.8. The molecule has 2 aromatic carbocycles. The van der Waals surface area contributed by atoms with Gasteiger partial charge in [0.15, 0.2) is 5.82 Å². The Morgan fingerprint density at radius 1 is 0.926 bits per heavy atom. The summed E-state index contributed by atoms with van der Waals surface area (Å²) in [6.45, 7) is 2.53. The molecule has 27 heavy (non-hydrogen) atoms. The maximum Gasteiger partial charge on any atom is 0.207 e. The molecule has 1 aliphatic rings. The quantitative estimate of drug-likeness (QED) is 0.695. The van der Waals surface area contributed by atoms with E-state index < -0.39 is 0 Å². The number of hydrogen-bond donors (Lipinski definition) is 0. The van der Waals surface area contributed by atoms with Crippen molar-refractivity contribution in [2.45, 2.75) is 0 Å². The highest BCUT2D eigenvalue weighted by atomic mass is 35.5. The van der Waals surface area contributed by atoms with Crippen molar-refractivity contribution in [3.05, 3.63) is 65.1 Å². The van der Waals surface area contributed by atoms with Crippen LogP contribution < -0.4 is 9.80 Å². The molecule has 0 unspecified atom stereocenters. The third-order valence-corrected chi connectivity index (χ3v) is 4.78. The summed E-state index contributed by atoms with van der Waals surface area (Å²) in [6.07, 6.45) is 0. The molecule has 2 heterocycles. The van der Waals surface area contributed by atoms with E-state index in [1.54, 1.807) is 36.4 Å².